The van der Waals surface area contributed by atoms with Crippen LogP contribution in [0.4, 0.5) is 0 Å². The first-order chi connectivity index (χ1) is 7.68. The molecule has 2 rings (SSSR count). The van der Waals surface area contributed by atoms with Crippen molar-refractivity contribution in [2.45, 2.75) is 25.4 Å². The number of hydrogen-bond donors (Lipinski definition) is 1. The summed E-state index contributed by atoms with van der Waals surface area (Å²) in [6, 6.07) is 5.87. The van der Waals surface area contributed by atoms with Crippen LogP contribution in [-0.2, 0) is 12.0 Å². The molecule has 0 bridgehead atoms. The SMILES string of the molecule is CC(O)(CCc1ccsc1)c1cccnc1. The van der Waals surface area contributed by atoms with Gasteiger partial charge >= 0.3 is 0 Å². The lowest BCUT2D eigenvalue weighted by molar-refractivity contribution is 0.0477. The summed E-state index contributed by atoms with van der Waals surface area (Å²) < 4.78 is 0. The average molecular weight is 233 g/mol. The van der Waals surface area contributed by atoms with Crippen molar-refractivity contribution in [2.24, 2.45) is 0 Å². The van der Waals surface area contributed by atoms with E-state index in [2.05, 4.69) is 21.8 Å². The molecule has 1 N–H and O–H groups in total. The van der Waals surface area contributed by atoms with Crippen LogP contribution in [0.5, 0.6) is 0 Å². The fraction of sp³-hybridized carbons (Fsp3) is 0.308. The van der Waals surface area contributed by atoms with Gasteiger partial charge in [0.05, 0.1) is 5.60 Å². The lowest BCUT2D eigenvalue weighted by atomic mass is 9.91. The highest BCUT2D eigenvalue weighted by Gasteiger charge is 2.22. The van der Waals surface area contributed by atoms with Gasteiger partial charge in [0.25, 0.3) is 0 Å². The Labute approximate surface area is 99.6 Å². The second kappa shape index (κ2) is 4.76. The molecular weight excluding hydrogens is 218 g/mol. The molecule has 0 aliphatic heterocycles. The van der Waals surface area contributed by atoms with Gasteiger partial charge in [-0.25, -0.2) is 0 Å². The van der Waals surface area contributed by atoms with Crippen LogP contribution in [0, 0.1) is 0 Å². The molecule has 0 aliphatic carbocycles. The second-order valence-corrected chi connectivity index (χ2v) is 4.93. The molecule has 2 heterocycles. The highest BCUT2D eigenvalue weighted by Crippen LogP contribution is 2.25. The van der Waals surface area contributed by atoms with Crippen molar-refractivity contribution in [3.05, 3.63) is 52.5 Å². The third-order valence-electron chi connectivity index (χ3n) is 2.76. The summed E-state index contributed by atoms with van der Waals surface area (Å²) in [5.41, 5.74) is 1.37. The van der Waals surface area contributed by atoms with Crippen molar-refractivity contribution in [3.8, 4) is 0 Å². The summed E-state index contributed by atoms with van der Waals surface area (Å²) in [6.45, 7) is 1.84. The van der Waals surface area contributed by atoms with E-state index in [4.69, 9.17) is 0 Å². The first kappa shape index (κ1) is 11.3. The lowest BCUT2D eigenvalue weighted by Crippen LogP contribution is -2.22. The first-order valence-corrected chi connectivity index (χ1v) is 6.27. The summed E-state index contributed by atoms with van der Waals surface area (Å²) in [7, 11) is 0. The molecule has 1 atom stereocenters. The molecule has 0 radical (unpaired) electrons. The van der Waals surface area contributed by atoms with Crippen LogP contribution in [0.1, 0.15) is 24.5 Å². The molecule has 0 aromatic carbocycles. The van der Waals surface area contributed by atoms with E-state index in [-0.39, 0.29) is 0 Å². The molecule has 0 saturated heterocycles. The zero-order valence-corrected chi connectivity index (χ0v) is 10.1. The predicted molar refractivity (Wildman–Crippen MR) is 66.4 cm³/mol. The van der Waals surface area contributed by atoms with E-state index < -0.39 is 5.60 Å². The van der Waals surface area contributed by atoms with Gasteiger partial charge in [-0.2, -0.15) is 11.3 Å². The van der Waals surface area contributed by atoms with E-state index in [1.165, 1.54) is 5.56 Å². The predicted octanol–water partition coefficient (Wildman–Crippen LogP) is 2.98. The van der Waals surface area contributed by atoms with E-state index in [1.807, 2.05) is 19.1 Å². The molecular formula is C13H15NOS. The van der Waals surface area contributed by atoms with Gasteiger partial charge in [0.1, 0.15) is 0 Å². The molecule has 0 spiro atoms. The molecule has 2 aromatic heterocycles. The van der Waals surface area contributed by atoms with Crippen molar-refractivity contribution < 1.29 is 5.11 Å². The third kappa shape index (κ3) is 2.68. The number of nitrogens with zero attached hydrogens (tertiary/aromatic N) is 1. The summed E-state index contributed by atoms with van der Waals surface area (Å²) in [5, 5.41) is 14.5. The summed E-state index contributed by atoms with van der Waals surface area (Å²) in [5.74, 6) is 0. The Bertz CT molecular complexity index is 422. The zero-order chi connectivity index (χ0) is 11.4. The van der Waals surface area contributed by atoms with Crippen molar-refractivity contribution in [1.82, 2.24) is 4.98 Å². The molecule has 2 nitrogen and oxygen atoms in total. The number of aryl methyl sites for hydroxylation is 1. The zero-order valence-electron chi connectivity index (χ0n) is 9.26. The summed E-state index contributed by atoms with van der Waals surface area (Å²) in [4.78, 5) is 4.04. The van der Waals surface area contributed by atoms with Crippen LogP contribution >= 0.6 is 11.3 Å². The number of aromatic nitrogens is 1. The van der Waals surface area contributed by atoms with Crippen LogP contribution < -0.4 is 0 Å². The lowest BCUT2D eigenvalue weighted by Gasteiger charge is -2.23. The number of pyridine rings is 1. The van der Waals surface area contributed by atoms with Crippen LogP contribution in [0.25, 0.3) is 0 Å². The molecule has 0 amide bonds. The average Bonchev–Trinajstić information content (AvgIpc) is 2.81. The Morgan fingerprint density at radius 2 is 2.31 bits per heavy atom. The normalized spacial score (nSPS) is 14.6. The molecule has 0 saturated carbocycles. The first-order valence-electron chi connectivity index (χ1n) is 5.32. The molecule has 2 aromatic rings. The number of aliphatic hydroxyl groups is 1. The van der Waals surface area contributed by atoms with Crippen LogP contribution in [-0.4, -0.2) is 10.1 Å². The fourth-order valence-electron chi connectivity index (χ4n) is 1.65. The number of hydrogen-bond acceptors (Lipinski definition) is 3. The molecule has 3 heteroatoms. The minimum atomic E-state index is -0.795. The van der Waals surface area contributed by atoms with Gasteiger partial charge in [0.2, 0.25) is 0 Å². The summed E-state index contributed by atoms with van der Waals surface area (Å²) >= 11 is 1.69. The quantitative estimate of drug-likeness (QED) is 0.880. The van der Waals surface area contributed by atoms with Crippen LogP contribution in [0.15, 0.2) is 41.4 Å². The van der Waals surface area contributed by atoms with Crippen molar-refractivity contribution in [2.75, 3.05) is 0 Å². The van der Waals surface area contributed by atoms with Gasteiger partial charge in [0, 0.05) is 18.0 Å². The smallest absolute Gasteiger partial charge is 0.0886 e. The Morgan fingerprint density at radius 3 is 2.94 bits per heavy atom. The van der Waals surface area contributed by atoms with Crippen LogP contribution in [0.3, 0.4) is 0 Å². The van der Waals surface area contributed by atoms with Gasteiger partial charge in [-0.1, -0.05) is 6.07 Å². The highest BCUT2D eigenvalue weighted by molar-refractivity contribution is 7.07. The molecule has 16 heavy (non-hydrogen) atoms. The maximum atomic E-state index is 10.3. The largest absolute Gasteiger partial charge is 0.385 e. The molecule has 1 unspecified atom stereocenters. The van der Waals surface area contributed by atoms with E-state index in [0.717, 1.165) is 18.4 Å². The van der Waals surface area contributed by atoms with Gasteiger partial charge in [0.15, 0.2) is 0 Å². The van der Waals surface area contributed by atoms with Crippen molar-refractivity contribution >= 4 is 11.3 Å². The van der Waals surface area contributed by atoms with Crippen LogP contribution in [0.2, 0.25) is 0 Å². The third-order valence-corrected chi connectivity index (χ3v) is 3.50. The van der Waals surface area contributed by atoms with E-state index >= 15 is 0 Å². The Morgan fingerprint density at radius 1 is 1.44 bits per heavy atom. The Hall–Kier alpha value is -1.19. The van der Waals surface area contributed by atoms with E-state index in [9.17, 15) is 5.11 Å². The fourth-order valence-corrected chi connectivity index (χ4v) is 2.35. The Kier molecular flexibility index (Phi) is 3.36. The monoisotopic (exact) mass is 233 g/mol. The Balaban J connectivity index is 2.03. The van der Waals surface area contributed by atoms with Gasteiger partial charge in [-0.15, -0.1) is 0 Å². The number of thiophene rings is 1. The molecule has 84 valence electrons. The molecule has 0 aliphatic rings. The topological polar surface area (TPSA) is 33.1 Å². The maximum absolute atomic E-state index is 10.3. The van der Waals surface area contributed by atoms with Crippen molar-refractivity contribution in [1.29, 1.82) is 0 Å². The molecule has 0 fully saturated rings. The second-order valence-electron chi connectivity index (χ2n) is 4.15. The van der Waals surface area contributed by atoms with E-state index in [1.54, 1.807) is 23.7 Å². The van der Waals surface area contributed by atoms with Crippen molar-refractivity contribution in [3.63, 3.8) is 0 Å². The maximum Gasteiger partial charge on any atom is 0.0886 e. The highest BCUT2D eigenvalue weighted by atomic mass is 32.1. The number of rotatable bonds is 4. The van der Waals surface area contributed by atoms with Gasteiger partial charge in [-0.3, -0.25) is 4.98 Å². The minimum absolute atomic E-state index is 0.718. The minimum Gasteiger partial charge on any atom is -0.385 e. The van der Waals surface area contributed by atoms with Gasteiger partial charge < -0.3 is 5.11 Å². The standard InChI is InChI=1S/C13H15NOS/c1-13(15,12-3-2-7-14-9-12)6-4-11-5-8-16-10-11/h2-3,5,7-10,15H,4,6H2,1H3. The van der Waals surface area contributed by atoms with E-state index in [0.29, 0.717) is 0 Å². The van der Waals surface area contributed by atoms with Gasteiger partial charge in [-0.05, 0) is 48.2 Å². The summed E-state index contributed by atoms with van der Waals surface area (Å²) in [6.07, 6.45) is 5.06.